The average Bonchev–Trinajstić information content (AvgIpc) is 2.57. The molecule has 0 saturated heterocycles. The van der Waals surface area contributed by atoms with Gasteiger partial charge in [0.05, 0.1) is 6.10 Å². The number of aliphatic hydroxyl groups is 2. The molecule has 0 bridgehead atoms. The van der Waals surface area contributed by atoms with Gasteiger partial charge in [0.1, 0.15) is 11.6 Å². The summed E-state index contributed by atoms with van der Waals surface area (Å²) < 4.78 is 1.41. The maximum Gasteiger partial charge on any atom is 0.329 e. The van der Waals surface area contributed by atoms with Gasteiger partial charge >= 0.3 is 5.97 Å². The summed E-state index contributed by atoms with van der Waals surface area (Å²) in [7, 11) is 0. The Labute approximate surface area is 98.7 Å². The molecule has 0 fully saturated rings. The van der Waals surface area contributed by atoms with Gasteiger partial charge in [-0.05, 0) is 20.3 Å². The van der Waals surface area contributed by atoms with Crippen LogP contribution in [0.2, 0.25) is 0 Å². The third-order valence-electron chi connectivity index (χ3n) is 2.48. The lowest BCUT2D eigenvalue weighted by Gasteiger charge is -2.19. The summed E-state index contributed by atoms with van der Waals surface area (Å²) >= 11 is 0. The van der Waals surface area contributed by atoms with Crippen LogP contribution in [0.15, 0.2) is 0 Å². The van der Waals surface area contributed by atoms with Gasteiger partial charge in [0.2, 0.25) is 0 Å². The lowest BCUT2D eigenvalue weighted by atomic mass is 10.1. The molecule has 0 amide bonds. The minimum absolute atomic E-state index is 0.00166. The van der Waals surface area contributed by atoms with Crippen molar-refractivity contribution in [3.63, 3.8) is 0 Å². The first-order chi connectivity index (χ1) is 7.99. The third kappa shape index (κ3) is 3.01. The SMILES string of the molecule is Cc1nnc(CCCO)n1C(C(=O)O)C(C)O. The highest BCUT2D eigenvalue weighted by atomic mass is 16.4. The van der Waals surface area contributed by atoms with E-state index < -0.39 is 18.1 Å². The molecular weight excluding hydrogens is 226 g/mol. The fourth-order valence-electron chi connectivity index (χ4n) is 1.72. The van der Waals surface area contributed by atoms with Crippen molar-refractivity contribution >= 4 is 5.97 Å². The molecule has 0 aliphatic rings. The summed E-state index contributed by atoms with van der Waals surface area (Å²) in [6.07, 6.45) is -0.145. The van der Waals surface area contributed by atoms with Crippen LogP contribution in [0.25, 0.3) is 0 Å². The van der Waals surface area contributed by atoms with Crippen LogP contribution in [0.4, 0.5) is 0 Å². The Morgan fingerprint density at radius 1 is 1.47 bits per heavy atom. The summed E-state index contributed by atoms with van der Waals surface area (Å²) in [5, 5.41) is 35.1. The van der Waals surface area contributed by atoms with Gasteiger partial charge in [-0.15, -0.1) is 10.2 Å². The Morgan fingerprint density at radius 3 is 2.59 bits per heavy atom. The molecule has 3 N–H and O–H groups in total. The standard InChI is InChI=1S/C10H17N3O4/c1-6(15)9(10(16)17)13-7(2)11-12-8(13)4-3-5-14/h6,9,14-15H,3-5H2,1-2H3,(H,16,17). The maximum atomic E-state index is 11.1. The molecule has 7 heteroatoms. The van der Waals surface area contributed by atoms with E-state index in [0.29, 0.717) is 24.5 Å². The minimum atomic E-state index is -1.13. The van der Waals surface area contributed by atoms with Gasteiger partial charge in [0.15, 0.2) is 6.04 Å². The lowest BCUT2D eigenvalue weighted by Crippen LogP contribution is -2.31. The van der Waals surface area contributed by atoms with E-state index in [9.17, 15) is 9.90 Å². The molecule has 0 aliphatic carbocycles. The molecule has 1 heterocycles. The Balaban J connectivity index is 3.08. The maximum absolute atomic E-state index is 11.1. The van der Waals surface area contributed by atoms with Crippen LogP contribution >= 0.6 is 0 Å². The van der Waals surface area contributed by atoms with Crippen molar-refractivity contribution in [3.8, 4) is 0 Å². The van der Waals surface area contributed by atoms with Crippen molar-refractivity contribution < 1.29 is 20.1 Å². The molecule has 0 spiro atoms. The summed E-state index contributed by atoms with van der Waals surface area (Å²) in [6, 6.07) is -1.10. The van der Waals surface area contributed by atoms with Crippen LogP contribution in [0.1, 0.15) is 31.0 Å². The number of aryl methyl sites for hydroxylation is 2. The van der Waals surface area contributed by atoms with Crippen molar-refractivity contribution in [2.24, 2.45) is 0 Å². The van der Waals surface area contributed by atoms with E-state index in [-0.39, 0.29) is 6.61 Å². The highest BCUT2D eigenvalue weighted by Crippen LogP contribution is 2.17. The van der Waals surface area contributed by atoms with Crippen LogP contribution in [-0.4, -0.2) is 48.8 Å². The Morgan fingerprint density at radius 2 is 2.12 bits per heavy atom. The number of carboxylic acid groups (broad SMARTS) is 1. The minimum Gasteiger partial charge on any atom is -0.480 e. The third-order valence-corrected chi connectivity index (χ3v) is 2.48. The number of rotatable bonds is 6. The van der Waals surface area contributed by atoms with E-state index in [1.807, 2.05) is 0 Å². The monoisotopic (exact) mass is 243 g/mol. The van der Waals surface area contributed by atoms with E-state index in [1.54, 1.807) is 6.92 Å². The van der Waals surface area contributed by atoms with Crippen LogP contribution in [0.5, 0.6) is 0 Å². The number of hydrogen-bond acceptors (Lipinski definition) is 5. The molecule has 2 atom stereocenters. The van der Waals surface area contributed by atoms with Crippen molar-refractivity contribution in [1.29, 1.82) is 0 Å². The number of carboxylic acids is 1. The number of hydrogen-bond donors (Lipinski definition) is 3. The number of aromatic nitrogens is 3. The van der Waals surface area contributed by atoms with Gasteiger partial charge in [0, 0.05) is 13.0 Å². The fourth-order valence-corrected chi connectivity index (χ4v) is 1.72. The molecule has 2 unspecified atom stereocenters. The van der Waals surface area contributed by atoms with Crippen molar-refractivity contribution in [1.82, 2.24) is 14.8 Å². The average molecular weight is 243 g/mol. The predicted molar refractivity (Wildman–Crippen MR) is 58.5 cm³/mol. The Hall–Kier alpha value is -1.47. The molecule has 0 aliphatic heterocycles. The number of aliphatic hydroxyl groups excluding tert-OH is 2. The molecule has 1 aromatic rings. The molecule has 17 heavy (non-hydrogen) atoms. The Bertz CT molecular complexity index is 389. The Kier molecular flexibility index (Phi) is 4.59. The van der Waals surface area contributed by atoms with E-state index >= 15 is 0 Å². The zero-order chi connectivity index (χ0) is 13.0. The number of nitrogens with zero attached hydrogens (tertiary/aromatic N) is 3. The molecule has 0 aromatic carbocycles. The summed E-state index contributed by atoms with van der Waals surface area (Å²) in [5.74, 6) is -0.232. The predicted octanol–water partition coefficient (Wildman–Crippen LogP) is -0.482. The summed E-state index contributed by atoms with van der Waals surface area (Å²) in [6.45, 7) is 3.04. The second kappa shape index (κ2) is 5.74. The zero-order valence-corrected chi connectivity index (χ0v) is 9.87. The number of aliphatic carboxylic acids is 1. The highest BCUT2D eigenvalue weighted by Gasteiger charge is 2.29. The van der Waals surface area contributed by atoms with Crippen molar-refractivity contribution in [2.45, 2.75) is 38.8 Å². The fraction of sp³-hybridized carbons (Fsp3) is 0.700. The van der Waals surface area contributed by atoms with Gasteiger partial charge in [-0.2, -0.15) is 0 Å². The zero-order valence-electron chi connectivity index (χ0n) is 9.87. The lowest BCUT2D eigenvalue weighted by molar-refractivity contribution is -0.144. The van der Waals surface area contributed by atoms with Gasteiger partial charge in [-0.1, -0.05) is 0 Å². The molecular formula is C10H17N3O4. The summed E-state index contributed by atoms with van der Waals surface area (Å²) in [5.41, 5.74) is 0. The van der Waals surface area contributed by atoms with Crippen LogP contribution in [0, 0.1) is 6.92 Å². The second-order valence-corrected chi connectivity index (χ2v) is 3.88. The first kappa shape index (κ1) is 13.6. The van der Waals surface area contributed by atoms with Gasteiger partial charge in [-0.25, -0.2) is 4.79 Å². The van der Waals surface area contributed by atoms with Crippen LogP contribution in [-0.2, 0) is 11.2 Å². The molecule has 1 aromatic heterocycles. The quantitative estimate of drug-likeness (QED) is 0.622. The van der Waals surface area contributed by atoms with E-state index in [1.165, 1.54) is 11.5 Å². The number of carbonyl (C=O) groups is 1. The van der Waals surface area contributed by atoms with Gasteiger partial charge in [-0.3, -0.25) is 4.57 Å². The van der Waals surface area contributed by atoms with Crippen molar-refractivity contribution in [3.05, 3.63) is 11.6 Å². The summed E-state index contributed by atoms with van der Waals surface area (Å²) in [4.78, 5) is 11.1. The molecule has 0 saturated carbocycles. The molecule has 0 radical (unpaired) electrons. The molecule has 1 rings (SSSR count). The van der Waals surface area contributed by atoms with E-state index in [2.05, 4.69) is 10.2 Å². The molecule has 96 valence electrons. The van der Waals surface area contributed by atoms with Gasteiger partial charge < -0.3 is 15.3 Å². The first-order valence-corrected chi connectivity index (χ1v) is 5.41. The van der Waals surface area contributed by atoms with E-state index in [4.69, 9.17) is 10.2 Å². The highest BCUT2D eigenvalue weighted by molar-refractivity contribution is 5.72. The largest absolute Gasteiger partial charge is 0.480 e. The van der Waals surface area contributed by atoms with Crippen LogP contribution in [0.3, 0.4) is 0 Å². The van der Waals surface area contributed by atoms with Gasteiger partial charge in [0.25, 0.3) is 0 Å². The topological polar surface area (TPSA) is 108 Å². The van der Waals surface area contributed by atoms with Crippen LogP contribution < -0.4 is 0 Å². The van der Waals surface area contributed by atoms with Crippen molar-refractivity contribution in [2.75, 3.05) is 6.61 Å². The smallest absolute Gasteiger partial charge is 0.329 e. The van der Waals surface area contributed by atoms with E-state index in [0.717, 1.165) is 0 Å². The molecule has 7 nitrogen and oxygen atoms in total. The second-order valence-electron chi connectivity index (χ2n) is 3.88. The first-order valence-electron chi connectivity index (χ1n) is 5.41. The normalized spacial score (nSPS) is 14.6.